The van der Waals surface area contributed by atoms with Gasteiger partial charge >= 0.3 is 0 Å². The van der Waals surface area contributed by atoms with E-state index in [2.05, 4.69) is 22.2 Å². The van der Waals surface area contributed by atoms with Crippen molar-refractivity contribution in [1.29, 1.82) is 0 Å². The number of thiocarbonyl (C=S) groups is 1. The Hall–Kier alpha value is -2.84. The maximum absolute atomic E-state index is 12.2. The monoisotopic (exact) mass is 429 g/mol. The maximum Gasteiger partial charge on any atom is 0.262 e. The number of anilines is 1. The van der Waals surface area contributed by atoms with E-state index >= 15 is 0 Å². The van der Waals surface area contributed by atoms with E-state index in [9.17, 15) is 4.79 Å². The summed E-state index contributed by atoms with van der Waals surface area (Å²) in [5, 5.41) is 2.79. The van der Waals surface area contributed by atoms with Crippen LogP contribution in [0.5, 0.6) is 17.2 Å². The van der Waals surface area contributed by atoms with Gasteiger partial charge in [-0.2, -0.15) is 0 Å². The van der Waals surface area contributed by atoms with Gasteiger partial charge in [-0.15, -0.1) is 0 Å². The molecule has 3 rings (SSSR count). The van der Waals surface area contributed by atoms with Gasteiger partial charge in [0.15, 0.2) is 18.1 Å². The number of hydrogen-bond donors (Lipinski definition) is 1. The second-order valence-corrected chi connectivity index (χ2v) is 7.41. The third-order valence-corrected chi connectivity index (χ3v) is 5.43. The number of benzene rings is 2. The Bertz CT molecular complexity index is 880. The van der Waals surface area contributed by atoms with E-state index in [1.807, 2.05) is 12.1 Å². The minimum atomic E-state index is -0.265. The van der Waals surface area contributed by atoms with E-state index in [1.54, 1.807) is 44.6 Å². The second-order valence-electron chi connectivity index (χ2n) is 7.03. The van der Waals surface area contributed by atoms with Crippen molar-refractivity contribution in [3.8, 4) is 17.2 Å². The van der Waals surface area contributed by atoms with E-state index in [4.69, 9.17) is 26.4 Å². The van der Waals surface area contributed by atoms with Gasteiger partial charge in [-0.05, 0) is 49.5 Å². The molecule has 0 atom stereocenters. The molecule has 8 heteroatoms. The molecule has 0 radical (unpaired) electrons. The van der Waals surface area contributed by atoms with Gasteiger partial charge in [-0.25, -0.2) is 0 Å². The molecule has 1 amide bonds. The molecule has 30 heavy (non-hydrogen) atoms. The molecule has 160 valence electrons. The standard InChI is InChI=1S/C22H27N3O4S/c1-24-10-12-25(13-11-24)22(30)16-4-9-19(20(14-16)28-3)29-15-21(26)23-17-5-7-18(27-2)8-6-17/h4-9,14H,10-13,15H2,1-3H3,(H,23,26). The van der Waals surface area contributed by atoms with Crippen LogP contribution in [0.1, 0.15) is 5.56 Å². The van der Waals surface area contributed by atoms with Crippen molar-refractivity contribution in [2.75, 3.05) is 59.4 Å². The number of hydrogen-bond acceptors (Lipinski definition) is 6. The predicted molar refractivity (Wildman–Crippen MR) is 121 cm³/mol. The highest BCUT2D eigenvalue weighted by Crippen LogP contribution is 2.29. The average molecular weight is 430 g/mol. The number of nitrogens with one attached hydrogen (secondary N) is 1. The van der Waals surface area contributed by atoms with E-state index < -0.39 is 0 Å². The molecule has 1 saturated heterocycles. The first-order valence-electron chi connectivity index (χ1n) is 9.72. The van der Waals surface area contributed by atoms with Gasteiger partial charge in [-0.1, -0.05) is 12.2 Å². The van der Waals surface area contributed by atoms with Gasteiger partial charge in [0.05, 0.1) is 14.2 Å². The molecule has 7 nitrogen and oxygen atoms in total. The van der Waals surface area contributed by atoms with Gasteiger partial charge in [0.1, 0.15) is 10.7 Å². The topological polar surface area (TPSA) is 63.3 Å². The summed E-state index contributed by atoms with van der Waals surface area (Å²) in [6.45, 7) is 3.65. The van der Waals surface area contributed by atoms with E-state index in [1.165, 1.54) is 0 Å². The van der Waals surface area contributed by atoms with E-state index in [0.29, 0.717) is 17.2 Å². The summed E-state index contributed by atoms with van der Waals surface area (Å²) in [4.78, 5) is 17.5. The number of ether oxygens (including phenoxy) is 3. The van der Waals surface area contributed by atoms with Crippen LogP contribution in [0.15, 0.2) is 42.5 Å². The van der Waals surface area contributed by atoms with Crippen molar-refractivity contribution in [2.45, 2.75) is 0 Å². The van der Waals surface area contributed by atoms with Gasteiger partial charge < -0.3 is 29.3 Å². The fourth-order valence-corrected chi connectivity index (χ4v) is 3.44. The van der Waals surface area contributed by atoms with Gasteiger partial charge in [0.25, 0.3) is 5.91 Å². The Morgan fingerprint density at radius 3 is 2.33 bits per heavy atom. The molecule has 0 spiro atoms. The number of likely N-dealkylation sites (N-methyl/N-ethyl adjacent to an activating group) is 1. The molecular weight excluding hydrogens is 402 g/mol. The fraction of sp³-hybridized carbons (Fsp3) is 0.364. The first-order chi connectivity index (χ1) is 14.5. The Morgan fingerprint density at radius 2 is 1.70 bits per heavy atom. The highest BCUT2D eigenvalue weighted by atomic mass is 32.1. The molecule has 2 aromatic rings. The number of methoxy groups -OCH3 is 2. The zero-order chi connectivity index (χ0) is 21.5. The van der Waals surface area contributed by atoms with E-state index in [0.717, 1.165) is 42.5 Å². The lowest BCUT2D eigenvalue weighted by atomic mass is 10.1. The summed E-state index contributed by atoms with van der Waals surface area (Å²) in [7, 11) is 5.28. The van der Waals surface area contributed by atoms with Crippen molar-refractivity contribution in [3.05, 3.63) is 48.0 Å². The Morgan fingerprint density at radius 1 is 1.00 bits per heavy atom. The molecule has 1 heterocycles. The lowest BCUT2D eigenvalue weighted by Gasteiger charge is -2.34. The lowest BCUT2D eigenvalue weighted by molar-refractivity contribution is -0.118. The minimum absolute atomic E-state index is 0.134. The molecule has 0 bridgehead atoms. The number of carbonyl (C=O) groups excluding carboxylic acids is 1. The molecule has 1 aliphatic heterocycles. The first kappa shape index (κ1) is 21.9. The summed E-state index contributed by atoms with van der Waals surface area (Å²) in [6.07, 6.45) is 0. The SMILES string of the molecule is COc1ccc(NC(=O)COc2ccc(C(=S)N3CCN(C)CC3)cc2OC)cc1. The summed E-state index contributed by atoms with van der Waals surface area (Å²) < 4.78 is 16.2. The number of amides is 1. The Labute approximate surface area is 182 Å². The van der Waals surface area contributed by atoms with Crippen LogP contribution < -0.4 is 19.5 Å². The molecule has 0 saturated carbocycles. The van der Waals surface area contributed by atoms with Crippen LogP contribution in [0.2, 0.25) is 0 Å². The lowest BCUT2D eigenvalue weighted by Crippen LogP contribution is -2.46. The average Bonchev–Trinajstić information content (AvgIpc) is 2.78. The highest BCUT2D eigenvalue weighted by Gasteiger charge is 2.19. The zero-order valence-corrected chi connectivity index (χ0v) is 18.3. The van der Waals surface area contributed by atoms with Crippen LogP contribution in [-0.4, -0.2) is 74.7 Å². The first-order valence-corrected chi connectivity index (χ1v) is 10.1. The van der Waals surface area contributed by atoms with Gasteiger partial charge in [0, 0.05) is 37.4 Å². The van der Waals surface area contributed by atoms with Crippen LogP contribution in [0.3, 0.4) is 0 Å². The largest absolute Gasteiger partial charge is 0.497 e. The minimum Gasteiger partial charge on any atom is -0.497 e. The molecule has 0 aliphatic carbocycles. The van der Waals surface area contributed by atoms with Crippen LogP contribution in [-0.2, 0) is 4.79 Å². The number of piperazine rings is 1. The van der Waals surface area contributed by atoms with Crippen LogP contribution in [0, 0.1) is 0 Å². The molecule has 2 aromatic carbocycles. The van der Waals surface area contributed by atoms with Crippen LogP contribution in [0.4, 0.5) is 5.69 Å². The van der Waals surface area contributed by atoms with Crippen molar-refractivity contribution in [2.24, 2.45) is 0 Å². The van der Waals surface area contributed by atoms with Crippen molar-refractivity contribution in [1.82, 2.24) is 9.80 Å². The smallest absolute Gasteiger partial charge is 0.262 e. The Balaban J connectivity index is 1.59. The summed E-state index contributed by atoms with van der Waals surface area (Å²) in [6, 6.07) is 12.6. The summed E-state index contributed by atoms with van der Waals surface area (Å²) in [5.41, 5.74) is 1.57. The number of nitrogens with zero attached hydrogens (tertiary/aromatic N) is 2. The van der Waals surface area contributed by atoms with Gasteiger partial charge in [0.2, 0.25) is 0 Å². The maximum atomic E-state index is 12.2. The molecule has 1 fully saturated rings. The quantitative estimate of drug-likeness (QED) is 0.679. The zero-order valence-electron chi connectivity index (χ0n) is 17.5. The molecule has 1 aliphatic rings. The van der Waals surface area contributed by atoms with Crippen molar-refractivity contribution < 1.29 is 19.0 Å². The summed E-state index contributed by atoms with van der Waals surface area (Å²) >= 11 is 5.66. The van der Waals surface area contributed by atoms with Crippen molar-refractivity contribution in [3.63, 3.8) is 0 Å². The third kappa shape index (κ3) is 5.61. The molecule has 0 unspecified atom stereocenters. The predicted octanol–water partition coefficient (Wildman–Crippen LogP) is 2.64. The van der Waals surface area contributed by atoms with Crippen molar-refractivity contribution >= 4 is 28.8 Å². The molecule has 1 N–H and O–H groups in total. The normalized spacial score (nSPS) is 14.2. The molecular formula is C22H27N3O4S. The fourth-order valence-electron chi connectivity index (χ4n) is 3.13. The highest BCUT2D eigenvalue weighted by molar-refractivity contribution is 7.80. The van der Waals surface area contributed by atoms with Crippen LogP contribution in [0.25, 0.3) is 0 Å². The Kier molecular flexibility index (Phi) is 7.48. The molecule has 0 aromatic heterocycles. The third-order valence-electron chi connectivity index (χ3n) is 4.93. The summed E-state index contributed by atoms with van der Waals surface area (Å²) in [5.74, 6) is 1.50. The van der Waals surface area contributed by atoms with E-state index in [-0.39, 0.29) is 12.5 Å². The number of carbonyl (C=O) groups is 1. The van der Waals surface area contributed by atoms with Gasteiger partial charge in [-0.3, -0.25) is 4.79 Å². The van der Waals surface area contributed by atoms with Crippen LogP contribution >= 0.6 is 12.2 Å². The second kappa shape index (κ2) is 10.3. The number of rotatable bonds is 7.